The first kappa shape index (κ1) is 14.5. The number of rotatable bonds is 8. The van der Waals surface area contributed by atoms with Gasteiger partial charge in [0.1, 0.15) is 0 Å². The molecular weight excluding hydrogens is 210 g/mol. The first-order chi connectivity index (χ1) is 7.11. The Labute approximate surface area is 96.3 Å². The monoisotopic (exact) mass is 231 g/mol. The van der Waals surface area contributed by atoms with E-state index in [4.69, 9.17) is 5.11 Å². The van der Waals surface area contributed by atoms with Crippen molar-refractivity contribution in [3.63, 3.8) is 0 Å². The summed E-state index contributed by atoms with van der Waals surface area (Å²) in [5, 5.41) is 12.0. The number of hydrogen-bond acceptors (Lipinski definition) is 3. The zero-order chi connectivity index (χ0) is 11.7. The molecule has 0 aromatic heterocycles. The molecule has 15 heavy (non-hydrogen) atoms. The maximum absolute atomic E-state index is 10.7. The molecule has 0 amide bonds. The van der Waals surface area contributed by atoms with E-state index in [1.165, 1.54) is 0 Å². The molecule has 0 saturated heterocycles. The number of nitrogens with one attached hydrogen (secondary N) is 1. The molecule has 0 aromatic carbocycles. The molecule has 0 spiro atoms. The molecule has 0 aliphatic carbocycles. The summed E-state index contributed by atoms with van der Waals surface area (Å²) in [6.45, 7) is 5.63. The van der Waals surface area contributed by atoms with Gasteiger partial charge < -0.3 is 10.4 Å². The number of carboxylic acids is 1. The summed E-state index contributed by atoms with van der Waals surface area (Å²) in [7, 11) is 0. The van der Waals surface area contributed by atoms with Gasteiger partial charge in [0.15, 0.2) is 0 Å². The molecule has 1 atom stereocenters. The maximum Gasteiger partial charge on any atom is 0.331 e. The van der Waals surface area contributed by atoms with E-state index in [2.05, 4.69) is 18.5 Å². The van der Waals surface area contributed by atoms with E-state index in [0.29, 0.717) is 24.5 Å². The topological polar surface area (TPSA) is 49.3 Å². The van der Waals surface area contributed by atoms with Crippen LogP contribution >= 0.6 is 11.8 Å². The summed E-state index contributed by atoms with van der Waals surface area (Å²) in [5.74, 6) is 0.954. The average Bonchev–Trinajstić information content (AvgIpc) is 2.17. The molecule has 0 aromatic rings. The number of carbonyl (C=O) groups is 1. The van der Waals surface area contributed by atoms with E-state index < -0.39 is 5.97 Å². The number of thioether (sulfide) groups is 1. The summed E-state index contributed by atoms with van der Waals surface area (Å²) >= 11 is 1.83. The molecule has 0 heterocycles. The Balaban J connectivity index is 3.72. The number of aliphatic carboxylic acids is 1. The van der Waals surface area contributed by atoms with Crippen LogP contribution in [-0.4, -0.2) is 36.2 Å². The van der Waals surface area contributed by atoms with Crippen LogP contribution in [0.1, 0.15) is 20.3 Å². The van der Waals surface area contributed by atoms with Crippen molar-refractivity contribution in [2.75, 3.05) is 25.1 Å². The standard InChI is InChI=1S/C11H21NO2S/c1-4-10(11(13)14)5-6-12-7-9(2)8-15-3/h5,9,12H,4,6-8H2,1-3H3,(H,13,14). The molecule has 0 fully saturated rings. The summed E-state index contributed by atoms with van der Waals surface area (Å²) in [5.41, 5.74) is 0.486. The van der Waals surface area contributed by atoms with Crippen LogP contribution in [0, 0.1) is 5.92 Å². The molecule has 88 valence electrons. The molecule has 4 heteroatoms. The average molecular weight is 231 g/mol. The second-order valence-electron chi connectivity index (χ2n) is 3.61. The molecule has 0 saturated carbocycles. The van der Waals surface area contributed by atoms with E-state index in [1.807, 2.05) is 18.7 Å². The first-order valence-corrected chi connectivity index (χ1v) is 6.63. The lowest BCUT2D eigenvalue weighted by Crippen LogP contribution is -2.23. The van der Waals surface area contributed by atoms with Crippen molar-refractivity contribution in [1.82, 2.24) is 5.32 Å². The maximum atomic E-state index is 10.7. The van der Waals surface area contributed by atoms with Crippen molar-refractivity contribution in [3.8, 4) is 0 Å². The predicted molar refractivity (Wildman–Crippen MR) is 66.4 cm³/mol. The highest BCUT2D eigenvalue weighted by Crippen LogP contribution is 2.03. The van der Waals surface area contributed by atoms with Gasteiger partial charge in [0.25, 0.3) is 0 Å². The normalized spacial score (nSPS) is 13.9. The molecule has 0 aliphatic heterocycles. The minimum Gasteiger partial charge on any atom is -0.478 e. The van der Waals surface area contributed by atoms with Crippen molar-refractivity contribution >= 4 is 17.7 Å². The van der Waals surface area contributed by atoms with Gasteiger partial charge >= 0.3 is 5.97 Å². The molecule has 0 rings (SSSR count). The van der Waals surface area contributed by atoms with Crippen molar-refractivity contribution in [2.24, 2.45) is 5.92 Å². The van der Waals surface area contributed by atoms with Crippen LogP contribution in [0.15, 0.2) is 11.6 Å². The Morgan fingerprint density at radius 2 is 2.27 bits per heavy atom. The van der Waals surface area contributed by atoms with Crippen molar-refractivity contribution < 1.29 is 9.90 Å². The van der Waals surface area contributed by atoms with Crippen molar-refractivity contribution in [3.05, 3.63) is 11.6 Å². The van der Waals surface area contributed by atoms with E-state index >= 15 is 0 Å². The minimum atomic E-state index is -0.809. The summed E-state index contributed by atoms with van der Waals surface area (Å²) in [6, 6.07) is 0. The second-order valence-corrected chi connectivity index (χ2v) is 4.52. The predicted octanol–water partition coefficient (Wildman–Crippen LogP) is 2.00. The fourth-order valence-corrected chi connectivity index (χ4v) is 1.94. The second kappa shape index (κ2) is 8.80. The smallest absolute Gasteiger partial charge is 0.331 e. The van der Waals surface area contributed by atoms with E-state index in [9.17, 15) is 4.79 Å². The summed E-state index contributed by atoms with van der Waals surface area (Å²) in [6.07, 6.45) is 4.43. The van der Waals surface area contributed by atoms with E-state index in [-0.39, 0.29) is 0 Å². The third kappa shape index (κ3) is 7.45. The highest BCUT2D eigenvalue weighted by Gasteiger charge is 2.03. The van der Waals surface area contributed by atoms with Crippen LogP contribution in [0.4, 0.5) is 0 Å². The van der Waals surface area contributed by atoms with Crippen LogP contribution in [-0.2, 0) is 4.79 Å². The van der Waals surface area contributed by atoms with Crippen LogP contribution in [0.3, 0.4) is 0 Å². The molecule has 3 nitrogen and oxygen atoms in total. The fourth-order valence-electron chi connectivity index (χ4n) is 1.25. The Kier molecular flexibility index (Phi) is 8.52. The fraction of sp³-hybridized carbons (Fsp3) is 0.727. The Bertz CT molecular complexity index is 217. The van der Waals surface area contributed by atoms with Gasteiger partial charge in [-0.1, -0.05) is 19.9 Å². The van der Waals surface area contributed by atoms with Gasteiger partial charge in [0.05, 0.1) is 0 Å². The van der Waals surface area contributed by atoms with Gasteiger partial charge in [-0.25, -0.2) is 4.79 Å². The quantitative estimate of drug-likeness (QED) is 0.495. The number of carboxylic acid groups (broad SMARTS) is 1. The SMILES string of the molecule is CCC(=CCNCC(C)CSC)C(=O)O. The van der Waals surface area contributed by atoms with Crippen LogP contribution in [0.5, 0.6) is 0 Å². The van der Waals surface area contributed by atoms with Crippen molar-refractivity contribution in [1.29, 1.82) is 0 Å². The lowest BCUT2D eigenvalue weighted by molar-refractivity contribution is -0.132. The lowest BCUT2D eigenvalue weighted by Gasteiger charge is -2.09. The molecule has 0 aliphatic rings. The Morgan fingerprint density at radius 3 is 2.73 bits per heavy atom. The molecule has 1 unspecified atom stereocenters. The Hall–Kier alpha value is -0.480. The van der Waals surface area contributed by atoms with Gasteiger partial charge in [-0.05, 0) is 30.9 Å². The summed E-state index contributed by atoms with van der Waals surface area (Å²) in [4.78, 5) is 10.7. The van der Waals surface area contributed by atoms with Crippen LogP contribution in [0.2, 0.25) is 0 Å². The third-order valence-electron chi connectivity index (χ3n) is 2.09. The molecule has 2 N–H and O–H groups in total. The zero-order valence-electron chi connectivity index (χ0n) is 9.75. The van der Waals surface area contributed by atoms with Gasteiger partial charge in [-0.3, -0.25) is 0 Å². The first-order valence-electron chi connectivity index (χ1n) is 5.23. The largest absolute Gasteiger partial charge is 0.478 e. The van der Waals surface area contributed by atoms with E-state index in [1.54, 1.807) is 6.08 Å². The highest BCUT2D eigenvalue weighted by atomic mass is 32.2. The van der Waals surface area contributed by atoms with Gasteiger partial charge in [-0.2, -0.15) is 11.8 Å². The molecule has 0 bridgehead atoms. The number of hydrogen-bond donors (Lipinski definition) is 2. The molecule has 0 radical (unpaired) electrons. The minimum absolute atomic E-state index is 0.486. The third-order valence-corrected chi connectivity index (χ3v) is 2.99. The van der Waals surface area contributed by atoms with Crippen LogP contribution < -0.4 is 5.32 Å². The lowest BCUT2D eigenvalue weighted by atomic mass is 10.2. The van der Waals surface area contributed by atoms with Crippen LogP contribution in [0.25, 0.3) is 0 Å². The van der Waals surface area contributed by atoms with Crippen molar-refractivity contribution in [2.45, 2.75) is 20.3 Å². The van der Waals surface area contributed by atoms with Gasteiger partial charge in [-0.15, -0.1) is 0 Å². The van der Waals surface area contributed by atoms with E-state index in [0.717, 1.165) is 12.3 Å². The van der Waals surface area contributed by atoms with Gasteiger partial charge in [0.2, 0.25) is 0 Å². The molecular formula is C11H21NO2S. The van der Waals surface area contributed by atoms with Gasteiger partial charge in [0, 0.05) is 12.1 Å². The zero-order valence-corrected chi connectivity index (χ0v) is 10.6. The summed E-state index contributed by atoms with van der Waals surface area (Å²) < 4.78 is 0. The highest BCUT2D eigenvalue weighted by molar-refractivity contribution is 7.98. The Morgan fingerprint density at radius 1 is 1.60 bits per heavy atom.